The van der Waals surface area contributed by atoms with Crippen LogP contribution in [-0.4, -0.2) is 30.6 Å². The number of ether oxygens (including phenoxy) is 3. The summed E-state index contributed by atoms with van der Waals surface area (Å²) in [6, 6.07) is 0. The van der Waals surface area contributed by atoms with Crippen molar-refractivity contribution < 1.29 is 14.2 Å². The smallest absolute Gasteiger partial charge is 0.160 e. The zero-order chi connectivity index (χ0) is 16.2. The van der Waals surface area contributed by atoms with E-state index in [1.807, 2.05) is 0 Å². The van der Waals surface area contributed by atoms with Crippen molar-refractivity contribution >= 4 is 15.9 Å². The van der Waals surface area contributed by atoms with Gasteiger partial charge in [-0.25, -0.2) is 0 Å². The second-order valence-corrected chi connectivity index (χ2v) is 7.46. The molecule has 0 N–H and O–H groups in total. The number of methoxy groups -OCH3 is 1. The summed E-state index contributed by atoms with van der Waals surface area (Å²) >= 11 is 3.50. The van der Waals surface area contributed by atoms with Gasteiger partial charge in [0.1, 0.15) is 5.01 Å². The van der Waals surface area contributed by atoms with Gasteiger partial charge in [-0.05, 0) is 30.6 Å². The van der Waals surface area contributed by atoms with Crippen molar-refractivity contribution in [2.24, 2.45) is 23.7 Å². The Labute approximate surface area is 139 Å². The fraction of sp³-hybridized carbons (Fsp3) is 1.00. The molecule has 126 valence electrons. The summed E-state index contributed by atoms with van der Waals surface area (Å²) in [5, 5.41) is 0.285. The van der Waals surface area contributed by atoms with Crippen LogP contribution in [0.25, 0.3) is 0 Å². The van der Waals surface area contributed by atoms with E-state index in [2.05, 4.69) is 57.5 Å². The summed E-state index contributed by atoms with van der Waals surface area (Å²) in [7, 11) is 1.71. The maximum atomic E-state index is 5.66. The van der Waals surface area contributed by atoms with E-state index < -0.39 is 0 Å². The second kappa shape index (κ2) is 8.85. The van der Waals surface area contributed by atoms with Crippen LogP contribution in [0.1, 0.15) is 54.4 Å². The van der Waals surface area contributed by atoms with Gasteiger partial charge in [0.2, 0.25) is 0 Å². The van der Waals surface area contributed by atoms with Crippen LogP contribution < -0.4 is 0 Å². The molecule has 0 amide bonds. The molecule has 8 atom stereocenters. The topological polar surface area (TPSA) is 27.7 Å². The Morgan fingerprint density at radius 1 is 0.810 bits per heavy atom. The van der Waals surface area contributed by atoms with E-state index in [9.17, 15) is 0 Å². The first kappa shape index (κ1) is 19.4. The van der Waals surface area contributed by atoms with Crippen LogP contribution in [0, 0.1) is 23.7 Å². The molecular weight excluding hydrogens is 332 g/mol. The first-order chi connectivity index (χ1) is 9.87. The van der Waals surface area contributed by atoms with E-state index in [0.717, 1.165) is 12.8 Å². The van der Waals surface area contributed by atoms with Gasteiger partial charge >= 0.3 is 0 Å². The van der Waals surface area contributed by atoms with E-state index in [1.54, 1.807) is 7.11 Å². The van der Waals surface area contributed by atoms with Crippen LogP contribution in [-0.2, 0) is 14.2 Å². The third-order valence-corrected chi connectivity index (χ3v) is 6.37. The predicted molar refractivity (Wildman–Crippen MR) is 90.5 cm³/mol. The highest BCUT2D eigenvalue weighted by molar-refractivity contribution is 9.09. The van der Waals surface area contributed by atoms with Gasteiger partial charge in [0.05, 0.1) is 12.2 Å². The molecule has 2 unspecified atom stereocenters. The van der Waals surface area contributed by atoms with Crippen molar-refractivity contribution in [1.29, 1.82) is 0 Å². The molecule has 0 bridgehead atoms. The van der Waals surface area contributed by atoms with Gasteiger partial charge in [0.25, 0.3) is 0 Å². The first-order valence-electron chi connectivity index (χ1n) is 8.35. The number of alkyl halides is 1. The fourth-order valence-corrected chi connectivity index (χ4v) is 3.96. The molecule has 2 saturated heterocycles. The van der Waals surface area contributed by atoms with Crippen molar-refractivity contribution in [3.8, 4) is 0 Å². The average molecular weight is 365 g/mol. The van der Waals surface area contributed by atoms with E-state index in [4.69, 9.17) is 14.2 Å². The molecule has 0 spiro atoms. The average Bonchev–Trinajstić information content (AvgIpc) is 2.91. The molecule has 0 aromatic rings. The lowest BCUT2D eigenvalue weighted by Gasteiger charge is -2.13. The van der Waals surface area contributed by atoms with Gasteiger partial charge in [-0.2, -0.15) is 0 Å². The molecule has 0 radical (unpaired) electrons. The Morgan fingerprint density at radius 3 is 1.52 bits per heavy atom. The highest BCUT2D eigenvalue weighted by Crippen LogP contribution is 2.36. The van der Waals surface area contributed by atoms with Crippen LogP contribution in [0.4, 0.5) is 0 Å². The molecule has 0 aromatic carbocycles. The lowest BCUT2D eigenvalue weighted by atomic mass is 9.92. The molecule has 2 fully saturated rings. The second-order valence-electron chi connectivity index (χ2n) is 6.56. The summed E-state index contributed by atoms with van der Waals surface area (Å²) in [5.74, 6) is 2.52. The normalized spacial score (nSPS) is 46.3. The molecule has 0 aliphatic carbocycles. The lowest BCUT2D eigenvalue weighted by molar-refractivity contribution is -0.129. The largest absolute Gasteiger partial charge is 0.363 e. The fourth-order valence-electron chi connectivity index (χ4n) is 3.20. The van der Waals surface area contributed by atoms with Crippen LogP contribution in [0.2, 0.25) is 0 Å². The number of rotatable bonds is 3. The third-order valence-electron chi connectivity index (χ3n) is 5.32. The highest BCUT2D eigenvalue weighted by atomic mass is 79.9. The third kappa shape index (κ3) is 4.66. The zero-order valence-corrected chi connectivity index (χ0v) is 16.2. The molecule has 0 saturated carbocycles. The van der Waals surface area contributed by atoms with Gasteiger partial charge in [0.15, 0.2) is 6.29 Å². The Morgan fingerprint density at radius 2 is 1.29 bits per heavy atom. The van der Waals surface area contributed by atoms with E-state index >= 15 is 0 Å². The molecule has 3 nitrogen and oxygen atoms in total. The monoisotopic (exact) mass is 364 g/mol. The van der Waals surface area contributed by atoms with Crippen molar-refractivity contribution in [3.63, 3.8) is 0 Å². The molecule has 2 aliphatic rings. The van der Waals surface area contributed by atoms with Crippen LogP contribution in [0.3, 0.4) is 0 Å². The van der Waals surface area contributed by atoms with Crippen molar-refractivity contribution in [1.82, 2.24) is 0 Å². The summed E-state index contributed by atoms with van der Waals surface area (Å²) in [6.45, 7) is 13.3. The molecule has 4 heteroatoms. The molecular formula is C17H33BrO3. The number of halogens is 1. The minimum absolute atomic E-state index is 0.0231. The summed E-state index contributed by atoms with van der Waals surface area (Å²) in [4.78, 5) is 0. The minimum Gasteiger partial charge on any atom is -0.363 e. The van der Waals surface area contributed by atoms with E-state index in [0.29, 0.717) is 35.9 Å². The number of hydrogen-bond acceptors (Lipinski definition) is 3. The summed E-state index contributed by atoms with van der Waals surface area (Å²) < 4.78 is 16.5. The molecule has 21 heavy (non-hydrogen) atoms. The van der Waals surface area contributed by atoms with Crippen molar-refractivity contribution in [3.05, 3.63) is 0 Å². The van der Waals surface area contributed by atoms with Gasteiger partial charge < -0.3 is 14.2 Å². The zero-order valence-electron chi connectivity index (χ0n) is 14.6. The standard InChI is InChI=1S/C9H18O2.C8H15BrO/c1-5-8-6(2)7(3)9(10-4)11-8;1-4-7-5(2)6(3)8(9)10-7/h6-9H,5H2,1-4H3;5-8H,4H2,1-3H3/t6-,7-,8+,9?;5-,6-,7+,8?/m00/s1. The maximum absolute atomic E-state index is 5.66. The first-order valence-corrected chi connectivity index (χ1v) is 9.26. The van der Waals surface area contributed by atoms with E-state index in [1.165, 1.54) is 0 Å². The Bertz CT molecular complexity index is 282. The highest BCUT2D eigenvalue weighted by Gasteiger charge is 2.38. The quantitative estimate of drug-likeness (QED) is 0.671. The summed E-state index contributed by atoms with van der Waals surface area (Å²) in [5.41, 5.74) is 0. The van der Waals surface area contributed by atoms with Gasteiger partial charge in [-0.1, -0.05) is 57.5 Å². The Kier molecular flexibility index (Phi) is 8.18. The predicted octanol–water partition coefficient (Wildman–Crippen LogP) is 4.83. The van der Waals surface area contributed by atoms with Crippen molar-refractivity contribution in [2.45, 2.75) is 77.9 Å². The molecule has 2 heterocycles. The minimum atomic E-state index is 0.0231. The van der Waals surface area contributed by atoms with Crippen LogP contribution in [0.5, 0.6) is 0 Å². The van der Waals surface area contributed by atoms with Gasteiger partial charge in [-0.3, -0.25) is 0 Å². The van der Waals surface area contributed by atoms with Crippen molar-refractivity contribution in [2.75, 3.05) is 7.11 Å². The molecule has 2 aliphatic heterocycles. The summed E-state index contributed by atoms with van der Waals surface area (Å²) in [6.07, 6.45) is 3.11. The Balaban J connectivity index is 0.000000211. The van der Waals surface area contributed by atoms with Crippen LogP contribution in [0.15, 0.2) is 0 Å². The SMILES string of the molecule is CC[C@H]1OC(Br)[C@@H](C)[C@@H]1C.CC[C@H]1OC(OC)[C@@H](C)[C@@H]1C. The Hall–Kier alpha value is 0.360. The lowest BCUT2D eigenvalue weighted by Crippen LogP contribution is -2.17. The van der Waals surface area contributed by atoms with Gasteiger partial charge in [0, 0.05) is 13.0 Å². The molecule has 2 rings (SSSR count). The van der Waals surface area contributed by atoms with Crippen LogP contribution >= 0.6 is 15.9 Å². The van der Waals surface area contributed by atoms with E-state index in [-0.39, 0.29) is 11.3 Å². The van der Waals surface area contributed by atoms with Gasteiger partial charge in [-0.15, -0.1) is 0 Å². The molecule has 0 aromatic heterocycles. The maximum Gasteiger partial charge on any atom is 0.160 e. The number of hydrogen-bond donors (Lipinski definition) is 0.